The number of aryl methyl sites for hydroxylation is 1. The Balaban J connectivity index is 2.95. The highest BCUT2D eigenvalue weighted by atomic mass is 16.6. The largest absolute Gasteiger partial charge is 0.479 e. The van der Waals surface area contributed by atoms with Gasteiger partial charge < -0.3 is 26.0 Å². The van der Waals surface area contributed by atoms with Crippen molar-refractivity contribution in [3.05, 3.63) is 29.3 Å². The summed E-state index contributed by atoms with van der Waals surface area (Å²) < 4.78 is 5.11. The van der Waals surface area contributed by atoms with Gasteiger partial charge in [0.15, 0.2) is 6.10 Å². The van der Waals surface area contributed by atoms with Gasteiger partial charge in [-0.1, -0.05) is 6.07 Å². The summed E-state index contributed by atoms with van der Waals surface area (Å²) >= 11 is 0. The second kappa shape index (κ2) is 7.32. The van der Waals surface area contributed by atoms with Crippen molar-refractivity contribution in [1.29, 1.82) is 0 Å². The minimum absolute atomic E-state index is 0.115. The van der Waals surface area contributed by atoms with Crippen LogP contribution in [-0.4, -0.2) is 40.0 Å². The van der Waals surface area contributed by atoms with E-state index in [0.29, 0.717) is 5.69 Å². The van der Waals surface area contributed by atoms with Gasteiger partial charge in [0.2, 0.25) is 0 Å². The van der Waals surface area contributed by atoms with Crippen LogP contribution in [0.25, 0.3) is 0 Å². The molecule has 5 N–H and O–H groups in total. The summed E-state index contributed by atoms with van der Waals surface area (Å²) in [7, 11) is 0. The molecule has 0 aliphatic carbocycles. The second-order valence-corrected chi connectivity index (χ2v) is 6.43. The number of nitrogens with two attached hydrogens (primary N) is 1. The number of rotatable bonds is 5. The number of carbonyl (C=O) groups is 2. The van der Waals surface area contributed by atoms with Gasteiger partial charge in [0.05, 0.1) is 6.04 Å². The Morgan fingerprint density at radius 2 is 1.96 bits per heavy atom. The summed E-state index contributed by atoms with van der Waals surface area (Å²) in [5, 5.41) is 21.3. The van der Waals surface area contributed by atoms with Gasteiger partial charge in [-0.15, -0.1) is 0 Å². The lowest BCUT2D eigenvalue weighted by molar-refractivity contribution is -0.148. The minimum atomic E-state index is -1.76. The van der Waals surface area contributed by atoms with E-state index in [1.54, 1.807) is 39.0 Å². The highest BCUT2D eigenvalue weighted by molar-refractivity contribution is 5.75. The molecular formula is C16H24N2O5. The van der Waals surface area contributed by atoms with E-state index in [9.17, 15) is 14.7 Å². The molecule has 0 saturated heterocycles. The van der Waals surface area contributed by atoms with Crippen LogP contribution in [0.1, 0.15) is 31.9 Å². The molecule has 2 atom stereocenters. The Kier molecular flexibility index (Phi) is 5.98. The van der Waals surface area contributed by atoms with E-state index in [0.717, 1.165) is 11.1 Å². The number of carboxylic acids is 1. The SMILES string of the molecule is Cc1ccc(N)cc1CC(NC(=O)OC(C)(C)C)C(O)C(=O)O. The summed E-state index contributed by atoms with van der Waals surface area (Å²) in [6.07, 6.45) is -2.43. The summed E-state index contributed by atoms with van der Waals surface area (Å²) in [6, 6.07) is 4.17. The first kappa shape index (κ1) is 18.8. The van der Waals surface area contributed by atoms with Crippen molar-refractivity contribution in [3.8, 4) is 0 Å². The predicted molar refractivity (Wildman–Crippen MR) is 86.1 cm³/mol. The van der Waals surface area contributed by atoms with E-state index in [1.807, 2.05) is 6.92 Å². The van der Waals surface area contributed by atoms with Gasteiger partial charge in [-0.05, 0) is 57.4 Å². The normalized spacial score (nSPS) is 14.0. The molecule has 0 spiro atoms. The molecule has 1 amide bonds. The maximum atomic E-state index is 11.9. The second-order valence-electron chi connectivity index (χ2n) is 6.43. The molecule has 7 nitrogen and oxygen atoms in total. The van der Waals surface area contributed by atoms with Crippen LogP contribution in [0.5, 0.6) is 0 Å². The molecule has 1 aromatic rings. The van der Waals surface area contributed by atoms with Crippen LogP contribution in [0.4, 0.5) is 10.5 Å². The number of alkyl carbamates (subject to hydrolysis) is 1. The number of carboxylic acid groups (broad SMARTS) is 1. The zero-order valence-electron chi connectivity index (χ0n) is 13.8. The number of nitrogen functional groups attached to an aromatic ring is 1. The fraction of sp³-hybridized carbons (Fsp3) is 0.500. The number of hydrogen-bond acceptors (Lipinski definition) is 5. The van der Waals surface area contributed by atoms with Crippen molar-refractivity contribution in [2.24, 2.45) is 0 Å². The maximum Gasteiger partial charge on any atom is 0.407 e. The van der Waals surface area contributed by atoms with Crippen LogP contribution >= 0.6 is 0 Å². The highest BCUT2D eigenvalue weighted by Crippen LogP contribution is 2.16. The molecule has 0 radical (unpaired) electrons. The summed E-state index contributed by atoms with van der Waals surface area (Å²) in [4.78, 5) is 23.0. The van der Waals surface area contributed by atoms with Crippen LogP contribution in [0.3, 0.4) is 0 Å². The molecule has 1 aromatic carbocycles. The number of anilines is 1. The Morgan fingerprint density at radius 3 is 2.48 bits per heavy atom. The average molecular weight is 324 g/mol. The van der Waals surface area contributed by atoms with Crippen molar-refractivity contribution < 1.29 is 24.5 Å². The third-order valence-electron chi connectivity index (χ3n) is 3.15. The Hall–Kier alpha value is -2.28. The summed E-state index contributed by atoms with van der Waals surface area (Å²) in [6.45, 7) is 6.91. The Morgan fingerprint density at radius 1 is 1.35 bits per heavy atom. The molecule has 2 unspecified atom stereocenters. The molecule has 0 aliphatic rings. The van der Waals surface area contributed by atoms with E-state index >= 15 is 0 Å². The van der Waals surface area contributed by atoms with E-state index in [4.69, 9.17) is 15.6 Å². The first-order valence-electron chi connectivity index (χ1n) is 7.25. The van der Waals surface area contributed by atoms with Crippen molar-refractivity contribution in [1.82, 2.24) is 5.32 Å². The first-order valence-corrected chi connectivity index (χ1v) is 7.25. The number of amides is 1. The summed E-state index contributed by atoms with van der Waals surface area (Å²) in [5.74, 6) is -1.42. The fourth-order valence-electron chi connectivity index (χ4n) is 2.02. The molecule has 0 fully saturated rings. The molecule has 23 heavy (non-hydrogen) atoms. The lowest BCUT2D eigenvalue weighted by atomic mass is 9.97. The predicted octanol–water partition coefficient (Wildman–Crippen LogP) is 1.46. The van der Waals surface area contributed by atoms with Crippen LogP contribution in [0.15, 0.2) is 18.2 Å². The highest BCUT2D eigenvalue weighted by Gasteiger charge is 2.29. The minimum Gasteiger partial charge on any atom is -0.479 e. The summed E-state index contributed by atoms with van der Waals surface area (Å²) in [5.41, 5.74) is 7.15. The smallest absolute Gasteiger partial charge is 0.407 e. The Bertz CT molecular complexity index is 580. The van der Waals surface area contributed by atoms with E-state index in [1.165, 1.54) is 0 Å². The number of aliphatic hydroxyl groups is 1. The van der Waals surface area contributed by atoms with Crippen molar-refractivity contribution >= 4 is 17.7 Å². The van der Waals surface area contributed by atoms with Gasteiger partial charge in [-0.25, -0.2) is 9.59 Å². The quantitative estimate of drug-likeness (QED) is 0.608. The van der Waals surface area contributed by atoms with E-state index < -0.39 is 29.8 Å². The molecule has 7 heteroatoms. The van der Waals surface area contributed by atoms with Gasteiger partial charge in [0, 0.05) is 5.69 Å². The average Bonchev–Trinajstić information content (AvgIpc) is 2.39. The van der Waals surface area contributed by atoms with E-state index in [-0.39, 0.29) is 6.42 Å². The first-order chi connectivity index (χ1) is 10.5. The van der Waals surface area contributed by atoms with Crippen LogP contribution in [0, 0.1) is 6.92 Å². The van der Waals surface area contributed by atoms with Gasteiger partial charge in [0.1, 0.15) is 5.60 Å². The van der Waals surface area contributed by atoms with Crippen LogP contribution < -0.4 is 11.1 Å². The number of nitrogens with one attached hydrogen (secondary N) is 1. The van der Waals surface area contributed by atoms with Crippen molar-refractivity contribution in [2.75, 3.05) is 5.73 Å². The van der Waals surface area contributed by atoms with Crippen LogP contribution in [0.2, 0.25) is 0 Å². The van der Waals surface area contributed by atoms with Crippen molar-refractivity contribution in [3.63, 3.8) is 0 Å². The monoisotopic (exact) mass is 324 g/mol. The number of aliphatic carboxylic acids is 1. The molecule has 0 bridgehead atoms. The van der Waals surface area contributed by atoms with Gasteiger partial charge in [-0.3, -0.25) is 0 Å². The Labute approximate surface area is 135 Å². The zero-order valence-corrected chi connectivity index (χ0v) is 13.8. The number of carbonyl (C=O) groups excluding carboxylic acids is 1. The van der Waals surface area contributed by atoms with Gasteiger partial charge in [0.25, 0.3) is 0 Å². The fourth-order valence-corrected chi connectivity index (χ4v) is 2.02. The number of hydrogen-bond donors (Lipinski definition) is 4. The third kappa shape index (κ3) is 6.15. The van der Waals surface area contributed by atoms with Gasteiger partial charge >= 0.3 is 12.1 Å². The number of ether oxygens (including phenoxy) is 1. The lowest BCUT2D eigenvalue weighted by Gasteiger charge is -2.25. The third-order valence-corrected chi connectivity index (χ3v) is 3.15. The molecule has 0 aliphatic heterocycles. The maximum absolute atomic E-state index is 11.9. The lowest BCUT2D eigenvalue weighted by Crippen LogP contribution is -2.49. The molecule has 0 heterocycles. The van der Waals surface area contributed by atoms with E-state index in [2.05, 4.69) is 5.32 Å². The topological polar surface area (TPSA) is 122 Å². The zero-order chi connectivity index (χ0) is 17.8. The molecular weight excluding hydrogens is 300 g/mol. The molecule has 1 rings (SSSR count). The van der Waals surface area contributed by atoms with Gasteiger partial charge in [-0.2, -0.15) is 0 Å². The van der Waals surface area contributed by atoms with Crippen molar-refractivity contribution in [2.45, 2.75) is 51.9 Å². The number of benzene rings is 1. The standard InChI is InChI=1S/C16H24N2O5/c1-9-5-6-11(17)7-10(9)8-12(13(19)14(20)21)18-15(22)23-16(2,3)4/h5-7,12-13,19H,8,17H2,1-4H3,(H,18,22)(H,20,21). The molecule has 0 aromatic heterocycles. The number of aliphatic hydroxyl groups excluding tert-OH is 1. The van der Waals surface area contributed by atoms with Crippen LogP contribution in [-0.2, 0) is 16.0 Å². The molecule has 0 saturated carbocycles. The molecule has 128 valence electrons.